The van der Waals surface area contributed by atoms with Gasteiger partial charge in [-0.3, -0.25) is 4.90 Å². The lowest BCUT2D eigenvalue weighted by molar-refractivity contribution is 0.0942. The fourth-order valence-electron chi connectivity index (χ4n) is 3.77. The third-order valence-corrected chi connectivity index (χ3v) is 4.71. The molecule has 0 aromatic heterocycles. The quantitative estimate of drug-likeness (QED) is 0.885. The Labute approximate surface area is 110 Å². The molecule has 2 heteroatoms. The summed E-state index contributed by atoms with van der Waals surface area (Å²) in [6.07, 6.45) is 3.77. The van der Waals surface area contributed by atoms with Gasteiger partial charge in [0.1, 0.15) is 0 Å². The third kappa shape index (κ3) is 2.19. The molecule has 2 nitrogen and oxygen atoms in total. The number of aliphatic hydroxyl groups excluding tert-OH is 1. The molecule has 2 aliphatic rings. The van der Waals surface area contributed by atoms with E-state index in [1.54, 1.807) is 0 Å². The second kappa shape index (κ2) is 4.67. The maximum atomic E-state index is 10.4. The smallest absolute Gasteiger partial charge is 0.0919 e. The minimum atomic E-state index is -0.329. The number of likely N-dealkylation sites (tertiary alicyclic amines) is 1. The van der Waals surface area contributed by atoms with Gasteiger partial charge in [0.2, 0.25) is 0 Å². The zero-order chi connectivity index (χ0) is 12.7. The van der Waals surface area contributed by atoms with Gasteiger partial charge in [0.05, 0.1) is 6.10 Å². The van der Waals surface area contributed by atoms with Crippen LogP contribution in [-0.2, 0) is 0 Å². The summed E-state index contributed by atoms with van der Waals surface area (Å²) < 4.78 is 0. The Hall–Kier alpha value is -0.860. The van der Waals surface area contributed by atoms with Crippen molar-refractivity contribution in [3.05, 3.63) is 34.9 Å². The number of aliphatic hydroxyl groups is 1. The fourth-order valence-corrected chi connectivity index (χ4v) is 3.77. The molecule has 1 aliphatic heterocycles. The first kappa shape index (κ1) is 12.2. The van der Waals surface area contributed by atoms with E-state index < -0.39 is 0 Å². The monoisotopic (exact) mass is 245 g/mol. The molecule has 3 atom stereocenters. The number of benzene rings is 1. The molecule has 1 aliphatic carbocycles. The van der Waals surface area contributed by atoms with Crippen LogP contribution in [-0.4, -0.2) is 29.1 Å². The SMILES string of the molecule is Cc1ccc(C(O)CN2CC3CCC2C3)c(C)c1. The number of piperidine rings is 1. The van der Waals surface area contributed by atoms with Gasteiger partial charge >= 0.3 is 0 Å². The average molecular weight is 245 g/mol. The van der Waals surface area contributed by atoms with Crippen LogP contribution in [0.2, 0.25) is 0 Å². The summed E-state index contributed by atoms with van der Waals surface area (Å²) in [4.78, 5) is 2.50. The summed E-state index contributed by atoms with van der Waals surface area (Å²) in [5.74, 6) is 0.904. The Kier molecular flexibility index (Phi) is 3.16. The first-order valence-electron chi connectivity index (χ1n) is 7.13. The lowest BCUT2D eigenvalue weighted by Gasteiger charge is -2.29. The van der Waals surface area contributed by atoms with Gasteiger partial charge in [-0.05, 0) is 50.2 Å². The zero-order valence-corrected chi connectivity index (χ0v) is 11.4. The molecule has 1 saturated carbocycles. The topological polar surface area (TPSA) is 23.5 Å². The summed E-state index contributed by atoms with van der Waals surface area (Å²) >= 11 is 0. The number of hydrogen-bond acceptors (Lipinski definition) is 2. The minimum absolute atomic E-state index is 0.329. The molecule has 1 heterocycles. The van der Waals surface area contributed by atoms with Crippen molar-refractivity contribution in [2.45, 2.75) is 45.3 Å². The molecule has 18 heavy (non-hydrogen) atoms. The van der Waals surface area contributed by atoms with Crippen LogP contribution in [0.1, 0.15) is 42.1 Å². The van der Waals surface area contributed by atoms with Crippen molar-refractivity contribution >= 4 is 0 Å². The highest BCUT2D eigenvalue weighted by molar-refractivity contribution is 5.32. The highest BCUT2D eigenvalue weighted by Crippen LogP contribution is 2.38. The van der Waals surface area contributed by atoms with Crippen LogP contribution in [0.4, 0.5) is 0 Å². The lowest BCUT2D eigenvalue weighted by Crippen LogP contribution is -2.35. The lowest BCUT2D eigenvalue weighted by atomic mass is 10.00. The summed E-state index contributed by atoms with van der Waals surface area (Å²) in [5.41, 5.74) is 3.58. The van der Waals surface area contributed by atoms with E-state index in [1.807, 2.05) is 0 Å². The molecule has 2 fully saturated rings. The Morgan fingerprint density at radius 3 is 2.78 bits per heavy atom. The molecule has 0 radical (unpaired) electrons. The van der Waals surface area contributed by atoms with Crippen molar-refractivity contribution in [3.8, 4) is 0 Å². The van der Waals surface area contributed by atoms with Gasteiger partial charge < -0.3 is 5.11 Å². The predicted molar refractivity (Wildman–Crippen MR) is 73.6 cm³/mol. The Balaban J connectivity index is 1.69. The highest BCUT2D eigenvalue weighted by Gasteiger charge is 2.38. The average Bonchev–Trinajstić information content (AvgIpc) is 2.90. The number of β-amino-alcohol motifs (C(OH)–C–C–N with tert-alkyl or cyclic N) is 1. The number of hydrogen-bond donors (Lipinski definition) is 1. The molecule has 1 aromatic carbocycles. The number of rotatable bonds is 3. The van der Waals surface area contributed by atoms with Crippen LogP contribution >= 0.6 is 0 Å². The number of aryl methyl sites for hydroxylation is 2. The third-order valence-electron chi connectivity index (χ3n) is 4.71. The molecular formula is C16H23NO. The molecule has 3 unspecified atom stereocenters. The summed E-state index contributed by atoms with van der Waals surface area (Å²) in [7, 11) is 0. The van der Waals surface area contributed by atoms with Gasteiger partial charge in [0, 0.05) is 19.1 Å². The van der Waals surface area contributed by atoms with Crippen LogP contribution < -0.4 is 0 Å². The number of fused-ring (bicyclic) bond motifs is 2. The summed E-state index contributed by atoms with van der Waals surface area (Å²) in [6.45, 7) is 6.21. The molecular weight excluding hydrogens is 222 g/mol. The Morgan fingerprint density at radius 2 is 2.17 bits per heavy atom. The van der Waals surface area contributed by atoms with E-state index in [4.69, 9.17) is 0 Å². The van der Waals surface area contributed by atoms with Crippen LogP contribution in [0.5, 0.6) is 0 Å². The summed E-state index contributed by atoms with van der Waals surface area (Å²) in [5, 5.41) is 10.4. The second-order valence-corrected chi connectivity index (χ2v) is 6.16. The second-order valence-electron chi connectivity index (χ2n) is 6.16. The van der Waals surface area contributed by atoms with Crippen molar-refractivity contribution in [1.82, 2.24) is 4.90 Å². The molecule has 0 spiro atoms. The first-order chi connectivity index (χ1) is 8.63. The molecule has 3 rings (SSSR count). The Morgan fingerprint density at radius 1 is 1.33 bits per heavy atom. The first-order valence-corrected chi connectivity index (χ1v) is 7.13. The van der Waals surface area contributed by atoms with Crippen LogP contribution in [0.3, 0.4) is 0 Å². The van der Waals surface area contributed by atoms with E-state index in [0.29, 0.717) is 0 Å². The van der Waals surface area contributed by atoms with Crippen LogP contribution in [0.25, 0.3) is 0 Å². The van der Waals surface area contributed by atoms with Crippen molar-refractivity contribution in [3.63, 3.8) is 0 Å². The van der Waals surface area contributed by atoms with Gasteiger partial charge in [-0.25, -0.2) is 0 Å². The highest BCUT2D eigenvalue weighted by atomic mass is 16.3. The van der Waals surface area contributed by atoms with E-state index in [1.165, 1.54) is 36.9 Å². The predicted octanol–water partition coefficient (Wildman–Crippen LogP) is 2.82. The van der Waals surface area contributed by atoms with Gasteiger partial charge in [0.15, 0.2) is 0 Å². The maximum absolute atomic E-state index is 10.4. The molecule has 98 valence electrons. The van der Waals surface area contributed by atoms with E-state index >= 15 is 0 Å². The van der Waals surface area contributed by atoms with E-state index in [-0.39, 0.29) is 6.10 Å². The summed E-state index contributed by atoms with van der Waals surface area (Å²) in [6, 6.07) is 7.09. The van der Waals surface area contributed by atoms with E-state index in [2.05, 4.69) is 36.9 Å². The van der Waals surface area contributed by atoms with Crippen molar-refractivity contribution in [2.75, 3.05) is 13.1 Å². The Bertz CT molecular complexity index is 443. The molecule has 1 saturated heterocycles. The minimum Gasteiger partial charge on any atom is -0.387 e. The zero-order valence-electron chi connectivity index (χ0n) is 11.4. The van der Waals surface area contributed by atoms with E-state index in [9.17, 15) is 5.11 Å². The standard InChI is InChI=1S/C16H23NO/c1-11-3-6-15(12(2)7-11)16(18)10-17-9-13-4-5-14(17)8-13/h3,6-7,13-14,16,18H,4-5,8-10H2,1-2H3. The normalized spacial score (nSPS) is 28.8. The molecule has 1 aromatic rings. The molecule has 2 bridgehead atoms. The van der Waals surface area contributed by atoms with Gasteiger partial charge in [-0.2, -0.15) is 0 Å². The maximum Gasteiger partial charge on any atom is 0.0919 e. The number of nitrogens with zero attached hydrogens (tertiary/aromatic N) is 1. The van der Waals surface area contributed by atoms with Gasteiger partial charge in [0.25, 0.3) is 0 Å². The van der Waals surface area contributed by atoms with Gasteiger partial charge in [-0.1, -0.05) is 23.8 Å². The molecule has 0 amide bonds. The van der Waals surface area contributed by atoms with Crippen molar-refractivity contribution in [1.29, 1.82) is 0 Å². The van der Waals surface area contributed by atoms with Crippen LogP contribution in [0.15, 0.2) is 18.2 Å². The van der Waals surface area contributed by atoms with Crippen molar-refractivity contribution < 1.29 is 5.11 Å². The van der Waals surface area contributed by atoms with Gasteiger partial charge in [-0.15, -0.1) is 0 Å². The largest absolute Gasteiger partial charge is 0.387 e. The van der Waals surface area contributed by atoms with Crippen molar-refractivity contribution in [2.24, 2.45) is 5.92 Å². The van der Waals surface area contributed by atoms with Crippen LogP contribution in [0, 0.1) is 19.8 Å². The fraction of sp³-hybridized carbons (Fsp3) is 0.625. The van der Waals surface area contributed by atoms with E-state index in [0.717, 1.165) is 24.1 Å². The molecule has 1 N–H and O–H groups in total.